The van der Waals surface area contributed by atoms with E-state index in [2.05, 4.69) is 0 Å². The van der Waals surface area contributed by atoms with Crippen molar-refractivity contribution < 1.29 is 24.2 Å². The number of nitrogens with zero attached hydrogens (tertiary/aromatic N) is 5. The molecule has 0 bridgehead atoms. The molecule has 10 nitrogen and oxygen atoms in total. The minimum absolute atomic E-state index is 0.00837. The summed E-state index contributed by atoms with van der Waals surface area (Å²) in [6, 6.07) is 12.2. The standard InChI is InChI=1S/C30H28FN5O5/c1-2-33-18-23(30(40)41)28(38)22-14-24(31)27(15-26(22)33)34-7-9-35(10-8-34)29(39)19(16-32)13-20-17-36(11-12-37)25-6-4-3-5-21(20)25/h3-6,13-15,17-18,37H,2,7-12H2,1H3,(H,40,41)/b19-13+. The number of benzene rings is 2. The second-order valence-corrected chi connectivity index (χ2v) is 9.75. The minimum atomic E-state index is -1.37. The Morgan fingerprint density at radius 1 is 1.05 bits per heavy atom. The lowest BCUT2D eigenvalue weighted by atomic mass is 10.1. The minimum Gasteiger partial charge on any atom is -0.477 e. The van der Waals surface area contributed by atoms with E-state index in [0.29, 0.717) is 37.3 Å². The molecule has 11 heteroatoms. The van der Waals surface area contributed by atoms with Crippen LogP contribution in [0.5, 0.6) is 0 Å². The Labute approximate surface area is 234 Å². The predicted octanol–water partition coefficient (Wildman–Crippen LogP) is 3.06. The van der Waals surface area contributed by atoms with Crippen molar-refractivity contribution in [2.75, 3.05) is 37.7 Å². The van der Waals surface area contributed by atoms with Gasteiger partial charge in [-0.3, -0.25) is 9.59 Å². The largest absolute Gasteiger partial charge is 0.477 e. The monoisotopic (exact) mass is 557 g/mol. The zero-order chi connectivity index (χ0) is 29.3. The van der Waals surface area contributed by atoms with Gasteiger partial charge >= 0.3 is 5.97 Å². The molecule has 0 spiro atoms. The Bertz CT molecular complexity index is 1810. The van der Waals surface area contributed by atoms with Crippen molar-refractivity contribution in [1.82, 2.24) is 14.0 Å². The number of carbonyl (C=O) groups is 2. The number of aryl methyl sites for hydroxylation is 1. The van der Waals surface area contributed by atoms with Crippen LogP contribution in [0.25, 0.3) is 27.9 Å². The number of carboxylic acid groups (broad SMARTS) is 1. The summed E-state index contributed by atoms with van der Waals surface area (Å²) >= 11 is 0. The molecule has 1 aliphatic rings. The Morgan fingerprint density at radius 3 is 2.44 bits per heavy atom. The Morgan fingerprint density at radius 2 is 1.78 bits per heavy atom. The highest BCUT2D eigenvalue weighted by atomic mass is 19.1. The number of rotatable bonds is 7. The van der Waals surface area contributed by atoms with Crippen LogP contribution in [-0.2, 0) is 17.9 Å². The van der Waals surface area contributed by atoms with Gasteiger partial charge < -0.3 is 29.1 Å². The van der Waals surface area contributed by atoms with Crippen molar-refractivity contribution in [3.8, 4) is 6.07 Å². The summed E-state index contributed by atoms with van der Waals surface area (Å²) in [4.78, 5) is 40.8. The maximum atomic E-state index is 15.2. The zero-order valence-electron chi connectivity index (χ0n) is 22.4. The van der Waals surface area contributed by atoms with Gasteiger partial charge in [0.05, 0.1) is 17.8 Å². The van der Waals surface area contributed by atoms with Gasteiger partial charge in [0, 0.05) is 73.5 Å². The number of aliphatic hydroxyl groups is 1. The van der Waals surface area contributed by atoms with Crippen LogP contribution in [0, 0.1) is 17.1 Å². The van der Waals surface area contributed by atoms with Gasteiger partial charge in [-0.15, -0.1) is 0 Å². The van der Waals surface area contributed by atoms with Crippen LogP contribution in [0.15, 0.2) is 59.2 Å². The SMILES string of the molecule is CCn1cc(C(=O)O)c(=O)c2cc(F)c(N3CCN(C(=O)/C(C#N)=C/c4cn(CCO)c5ccccc45)CC3)cc21. The van der Waals surface area contributed by atoms with Gasteiger partial charge in [-0.05, 0) is 31.2 Å². The van der Waals surface area contributed by atoms with Crippen LogP contribution in [0.3, 0.4) is 0 Å². The number of nitriles is 1. The van der Waals surface area contributed by atoms with E-state index in [9.17, 15) is 29.9 Å². The number of amides is 1. The second-order valence-electron chi connectivity index (χ2n) is 9.75. The van der Waals surface area contributed by atoms with E-state index in [1.807, 2.05) is 34.9 Å². The second kappa shape index (κ2) is 11.3. The van der Waals surface area contributed by atoms with E-state index in [1.54, 1.807) is 39.6 Å². The summed E-state index contributed by atoms with van der Waals surface area (Å²) in [7, 11) is 0. The average Bonchev–Trinajstić information content (AvgIpc) is 3.33. The lowest BCUT2D eigenvalue weighted by Crippen LogP contribution is -2.49. The van der Waals surface area contributed by atoms with Gasteiger partial charge in [-0.2, -0.15) is 5.26 Å². The number of aromatic carboxylic acids is 1. The Balaban J connectivity index is 1.38. The number of piperazine rings is 1. The van der Waals surface area contributed by atoms with Gasteiger partial charge in [0.25, 0.3) is 5.91 Å². The van der Waals surface area contributed by atoms with E-state index >= 15 is 4.39 Å². The molecule has 1 fully saturated rings. The van der Waals surface area contributed by atoms with E-state index < -0.39 is 28.7 Å². The molecular formula is C30H28FN5O5. The summed E-state index contributed by atoms with van der Waals surface area (Å²) in [6.45, 7) is 3.61. The molecule has 3 heterocycles. The number of aliphatic hydroxyl groups excluding tert-OH is 1. The van der Waals surface area contributed by atoms with Gasteiger partial charge in [-0.1, -0.05) is 18.2 Å². The number of hydrogen-bond donors (Lipinski definition) is 2. The molecule has 2 aromatic heterocycles. The average molecular weight is 558 g/mol. The molecule has 210 valence electrons. The highest BCUT2D eigenvalue weighted by Gasteiger charge is 2.26. The third kappa shape index (κ3) is 5.05. The Kier molecular flexibility index (Phi) is 7.59. The summed E-state index contributed by atoms with van der Waals surface area (Å²) in [5.74, 6) is -2.45. The normalized spacial score (nSPS) is 14.0. The van der Waals surface area contributed by atoms with E-state index in [0.717, 1.165) is 17.0 Å². The van der Waals surface area contributed by atoms with Crippen LogP contribution in [-0.4, -0.2) is 68.9 Å². The number of carbonyl (C=O) groups excluding carboxylic acids is 1. The number of para-hydroxylation sites is 1. The molecule has 1 aliphatic heterocycles. The van der Waals surface area contributed by atoms with E-state index in [4.69, 9.17) is 0 Å². The van der Waals surface area contributed by atoms with E-state index in [-0.39, 0.29) is 36.3 Å². The predicted molar refractivity (Wildman–Crippen MR) is 152 cm³/mol. The van der Waals surface area contributed by atoms with Crippen molar-refractivity contribution in [3.63, 3.8) is 0 Å². The lowest BCUT2D eigenvalue weighted by Gasteiger charge is -2.36. The number of aromatic nitrogens is 2. The topological polar surface area (TPSA) is 132 Å². The first-order valence-corrected chi connectivity index (χ1v) is 13.2. The van der Waals surface area contributed by atoms with Crippen molar-refractivity contribution in [2.24, 2.45) is 0 Å². The van der Waals surface area contributed by atoms with Crippen LogP contribution < -0.4 is 10.3 Å². The summed E-state index contributed by atoms with van der Waals surface area (Å²) in [6.07, 6.45) is 4.63. The van der Waals surface area contributed by atoms with Gasteiger partial charge in [0.15, 0.2) is 0 Å². The molecule has 1 saturated heterocycles. The Hall–Kier alpha value is -4.95. The summed E-state index contributed by atoms with van der Waals surface area (Å²) in [5.41, 5.74) is 1.07. The summed E-state index contributed by atoms with van der Waals surface area (Å²) < 4.78 is 18.7. The van der Waals surface area contributed by atoms with Crippen LogP contribution >= 0.6 is 0 Å². The highest BCUT2D eigenvalue weighted by Crippen LogP contribution is 2.28. The zero-order valence-corrected chi connectivity index (χ0v) is 22.4. The molecule has 2 N–H and O–H groups in total. The first-order valence-electron chi connectivity index (χ1n) is 13.2. The van der Waals surface area contributed by atoms with Crippen LogP contribution in [0.1, 0.15) is 22.8 Å². The maximum Gasteiger partial charge on any atom is 0.341 e. The lowest BCUT2D eigenvalue weighted by molar-refractivity contribution is -0.126. The van der Waals surface area contributed by atoms with Gasteiger partial charge in [0.1, 0.15) is 23.0 Å². The van der Waals surface area contributed by atoms with Gasteiger partial charge in [-0.25, -0.2) is 9.18 Å². The fraction of sp³-hybridized carbons (Fsp3) is 0.267. The first kappa shape index (κ1) is 27.6. The summed E-state index contributed by atoms with van der Waals surface area (Å²) in [5, 5.41) is 29.5. The number of pyridine rings is 1. The highest BCUT2D eigenvalue weighted by molar-refractivity contribution is 6.04. The van der Waals surface area contributed by atoms with Crippen LogP contribution in [0.4, 0.5) is 10.1 Å². The molecule has 0 unspecified atom stereocenters. The molecule has 2 aromatic carbocycles. The maximum absolute atomic E-state index is 15.2. The first-order chi connectivity index (χ1) is 19.8. The number of fused-ring (bicyclic) bond motifs is 2. The molecule has 5 rings (SSSR count). The number of carboxylic acids is 1. The van der Waals surface area contributed by atoms with Crippen molar-refractivity contribution in [3.05, 3.63) is 81.5 Å². The third-order valence-electron chi connectivity index (χ3n) is 7.44. The molecule has 41 heavy (non-hydrogen) atoms. The van der Waals surface area contributed by atoms with Crippen LogP contribution in [0.2, 0.25) is 0 Å². The molecule has 4 aromatic rings. The van der Waals surface area contributed by atoms with Crippen molar-refractivity contribution >= 4 is 45.4 Å². The van der Waals surface area contributed by atoms with Crippen molar-refractivity contribution in [1.29, 1.82) is 5.26 Å². The number of hydrogen-bond acceptors (Lipinski definition) is 6. The number of halogens is 1. The molecule has 0 saturated carbocycles. The quantitative estimate of drug-likeness (QED) is 0.264. The van der Waals surface area contributed by atoms with E-state index in [1.165, 1.54) is 6.20 Å². The molecule has 0 atom stereocenters. The fourth-order valence-corrected chi connectivity index (χ4v) is 5.36. The number of anilines is 1. The van der Waals surface area contributed by atoms with Gasteiger partial charge in [0.2, 0.25) is 5.43 Å². The van der Waals surface area contributed by atoms with Crippen molar-refractivity contribution in [2.45, 2.75) is 20.0 Å². The smallest absolute Gasteiger partial charge is 0.341 e. The molecule has 0 radical (unpaired) electrons. The third-order valence-corrected chi connectivity index (χ3v) is 7.44. The molecular weight excluding hydrogens is 529 g/mol. The fourth-order valence-electron chi connectivity index (χ4n) is 5.36. The molecule has 0 aliphatic carbocycles. The molecule has 1 amide bonds.